The Morgan fingerprint density at radius 2 is 1.79 bits per heavy atom. The van der Waals surface area contributed by atoms with Gasteiger partial charge in [0.1, 0.15) is 13.2 Å². The summed E-state index contributed by atoms with van der Waals surface area (Å²) in [5, 5.41) is 0. The first kappa shape index (κ1) is 18.6. The topological polar surface area (TPSA) is 72.5 Å². The molecule has 7 heteroatoms. The molecule has 2 rings (SSSR count). The molecule has 0 bridgehead atoms. The van der Waals surface area contributed by atoms with Gasteiger partial charge in [0, 0.05) is 4.47 Å². The lowest BCUT2D eigenvalue weighted by Gasteiger charge is -2.09. The lowest BCUT2D eigenvalue weighted by molar-refractivity contribution is -0.143. The van der Waals surface area contributed by atoms with Crippen molar-refractivity contribution in [2.75, 3.05) is 6.54 Å². The summed E-state index contributed by atoms with van der Waals surface area (Å²) >= 11 is 3.21. The van der Waals surface area contributed by atoms with Crippen LogP contribution in [0.1, 0.15) is 16.7 Å². The third-order valence-electron chi connectivity index (χ3n) is 3.19. The van der Waals surface area contributed by atoms with E-state index in [1.54, 1.807) is 12.1 Å². The number of ether oxygens (including phenoxy) is 1. The number of rotatable bonds is 6. The number of hydrogen-bond donors (Lipinski definition) is 1. The standard InChI is InChI=1S/C17H18BrNO4S/c1-12-6-13(2)8-14(7-12)11-23-17(20)10-19-24(21,22)16-5-3-4-15(18)9-16/h3-9,19H,10-11H2,1-2H3. The number of halogens is 1. The van der Waals surface area contributed by atoms with Crippen molar-refractivity contribution in [2.45, 2.75) is 25.3 Å². The molecule has 0 aliphatic rings. The first-order chi connectivity index (χ1) is 11.3. The van der Waals surface area contributed by atoms with Crippen LogP contribution in [0.4, 0.5) is 0 Å². The summed E-state index contributed by atoms with van der Waals surface area (Å²) in [6.07, 6.45) is 0. The first-order valence-electron chi connectivity index (χ1n) is 7.24. The van der Waals surface area contributed by atoms with E-state index in [0.717, 1.165) is 16.7 Å². The molecule has 0 spiro atoms. The molecule has 24 heavy (non-hydrogen) atoms. The Morgan fingerprint density at radius 3 is 2.42 bits per heavy atom. The molecule has 0 unspecified atom stereocenters. The fourth-order valence-electron chi connectivity index (χ4n) is 2.24. The van der Waals surface area contributed by atoms with E-state index < -0.39 is 22.5 Å². The van der Waals surface area contributed by atoms with Gasteiger partial charge in [-0.05, 0) is 37.6 Å². The van der Waals surface area contributed by atoms with Gasteiger partial charge in [-0.2, -0.15) is 4.72 Å². The van der Waals surface area contributed by atoms with Gasteiger partial charge in [0.15, 0.2) is 0 Å². The maximum Gasteiger partial charge on any atom is 0.321 e. The minimum Gasteiger partial charge on any atom is -0.460 e. The number of aryl methyl sites for hydroxylation is 2. The van der Waals surface area contributed by atoms with Gasteiger partial charge < -0.3 is 4.74 Å². The molecular weight excluding hydrogens is 394 g/mol. The third-order valence-corrected chi connectivity index (χ3v) is 5.09. The zero-order valence-electron chi connectivity index (χ0n) is 13.4. The zero-order chi connectivity index (χ0) is 17.7. The molecule has 1 N–H and O–H groups in total. The highest BCUT2D eigenvalue weighted by Gasteiger charge is 2.16. The highest BCUT2D eigenvalue weighted by Crippen LogP contribution is 2.15. The number of nitrogens with one attached hydrogen (secondary N) is 1. The zero-order valence-corrected chi connectivity index (χ0v) is 15.8. The van der Waals surface area contributed by atoms with Gasteiger partial charge in [-0.3, -0.25) is 4.79 Å². The molecule has 0 saturated carbocycles. The van der Waals surface area contributed by atoms with E-state index in [0.29, 0.717) is 4.47 Å². The van der Waals surface area contributed by atoms with Crippen molar-refractivity contribution < 1.29 is 17.9 Å². The van der Waals surface area contributed by atoms with Crippen molar-refractivity contribution in [3.8, 4) is 0 Å². The fourth-order valence-corrected chi connectivity index (χ4v) is 3.80. The van der Waals surface area contributed by atoms with E-state index in [2.05, 4.69) is 20.7 Å². The fraction of sp³-hybridized carbons (Fsp3) is 0.235. The minimum absolute atomic E-state index is 0.0824. The van der Waals surface area contributed by atoms with Gasteiger partial charge in [0.05, 0.1) is 4.90 Å². The van der Waals surface area contributed by atoms with E-state index in [9.17, 15) is 13.2 Å². The van der Waals surface area contributed by atoms with Crippen LogP contribution in [0.5, 0.6) is 0 Å². The Kier molecular flexibility index (Phi) is 6.15. The van der Waals surface area contributed by atoms with E-state index in [1.165, 1.54) is 12.1 Å². The van der Waals surface area contributed by atoms with Gasteiger partial charge in [-0.15, -0.1) is 0 Å². The van der Waals surface area contributed by atoms with Gasteiger partial charge in [0.25, 0.3) is 0 Å². The van der Waals surface area contributed by atoms with E-state index in [4.69, 9.17) is 4.74 Å². The Balaban J connectivity index is 1.91. The molecule has 0 fully saturated rings. The maximum absolute atomic E-state index is 12.1. The van der Waals surface area contributed by atoms with Crippen LogP contribution in [0.2, 0.25) is 0 Å². The highest BCUT2D eigenvalue weighted by molar-refractivity contribution is 9.10. The quantitative estimate of drug-likeness (QED) is 0.741. The van der Waals surface area contributed by atoms with E-state index in [1.807, 2.05) is 32.0 Å². The van der Waals surface area contributed by atoms with Gasteiger partial charge >= 0.3 is 5.97 Å². The number of carbonyl (C=O) groups excluding carboxylic acids is 1. The summed E-state index contributed by atoms with van der Waals surface area (Å²) in [7, 11) is -3.76. The smallest absolute Gasteiger partial charge is 0.321 e. The molecule has 0 radical (unpaired) electrons. The van der Waals surface area contributed by atoms with Crippen LogP contribution in [0, 0.1) is 13.8 Å². The van der Waals surface area contributed by atoms with Gasteiger partial charge in [0.2, 0.25) is 10.0 Å². The normalized spacial score (nSPS) is 11.3. The van der Waals surface area contributed by atoms with Crippen LogP contribution in [0.25, 0.3) is 0 Å². The van der Waals surface area contributed by atoms with E-state index >= 15 is 0 Å². The molecule has 2 aromatic rings. The largest absolute Gasteiger partial charge is 0.460 e. The minimum atomic E-state index is -3.76. The monoisotopic (exact) mass is 411 g/mol. The van der Waals surface area contributed by atoms with Crippen molar-refractivity contribution in [3.63, 3.8) is 0 Å². The number of sulfonamides is 1. The molecule has 0 amide bonds. The van der Waals surface area contributed by atoms with Crippen molar-refractivity contribution in [1.29, 1.82) is 0 Å². The molecule has 0 aromatic heterocycles. The summed E-state index contributed by atoms with van der Waals surface area (Å²) in [6.45, 7) is 3.62. The second kappa shape index (κ2) is 7.92. The van der Waals surface area contributed by atoms with Crippen molar-refractivity contribution in [1.82, 2.24) is 4.72 Å². The highest BCUT2D eigenvalue weighted by atomic mass is 79.9. The lowest BCUT2D eigenvalue weighted by atomic mass is 10.1. The summed E-state index contributed by atoms with van der Waals surface area (Å²) in [5.74, 6) is -0.632. The molecule has 5 nitrogen and oxygen atoms in total. The second-order valence-corrected chi connectivity index (χ2v) is 8.12. The molecule has 0 heterocycles. The van der Waals surface area contributed by atoms with Crippen LogP contribution in [-0.2, 0) is 26.2 Å². The number of benzene rings is 2. The maximum atomic E-state index is 12.1. The number of esters is 1. The molecule has 128 valence electrons. The Bertz CT molecular complexity index is 829. The first-order valence-corrected chi connectivity index (χ1v) is 9.52. The SMILES string of the molecule is Cc1cc(C)cc(COC(=O)CNS(=O)(=O)c2cccc(Br)c2)c1. The predicted octanol–water partition coefficient (Wildman–Crippen LogP) is 3.09. The van der Waals surface area contributed by atoms with Crippen LogP contribution in [-0.4, -0.2) is 20.9 Å². The van der Waals surface area contributed by atoms with Gasteiger partial charge in [-0.1, -0.05) is 51.3 Å². The molecule has 0 atom stereocenters. The number of carbonyl (C=O) groups is 1. The lowest BCUT2D eigenvalue weighted by Crippen LogP contribution is -2.30. The average Bonchev–Trinajstić information content (AvgIpc) is 2.50. The van der Waals surface area contributed by atoms with Crippen LogP contribution >= 0.6 is 15.9 Å². The van der Waals surface area contributed by atoms with Crippen LogP contribution < -0.4 is 4.72 Å². The van der Waals surface area contributed by atoms with E-state index in [-0.39, 0.29) is 11.5 Å². The van der Waals surface area contributed by atoms with Crippen molar-refractivity contribution in [3.05, 3.63) is 63.6 Å². The van der Waals surface area contributed by atoms with Crippen LogP contribution in [0.15, 0.2) is 51.8 Å². The third kappa shape index (κ3) is 5.43. The Labute approximate surface area is 150 Å². The molecule has 0 aliphatic heterocycles. The number of hydrogen-bond acceptors (Lipinski definition) is 4. The van der Waals surface area contributed by atoms with Crippen LogP contribution in [0.3, 0.4) is 0 Å². The summed E-state index contributed by atoms with van der Waals surface area (Å²) < 4.78 is 32.2. The molecular formula is C17H18BrNO4S. The molecule has 2 aromatic carbocycles. The van der Waals surface area contributed by atoms with Gasteiger partial charge in [-0.25, -0.2) is 8.42 Å². The molecule has 0 aliphatic carbocycles. The summed E-state index contributed by atoms with van der Waals surface area (Å²) in [6, 6.07) is 12.1. The summed E-state index contributed by atoms with van der Waals surface area (Å²) in [4.78, 5) is 11.9. The average molecular weight is 412 g/mol. The molecule has 0 saturated heterocycles. The van der Waals surface area contributed by atoms with Crippen molar-refractivity contribution >= 4 is 31.9 Å². The Hall–Kier alpha value is -1.70. The predicted molar refractivity (Wildman–Crippen MR) is 95.0 cm³/mol. The van der Waals surface area contributed by atoms with Crippen molar-refractivity contribution in [2.24, 2.45) is 0 Å². The Morgan fingerprint density at radius 1 is 1.12 bits per heavy atom. The summed E-state index contributed by atoms with van der Waals surface area (Å²) in [5.41, 5.74) is 3.03. The second-order valence-electron chi connectivity index (χ2n) is 5.44.